The van der Waals surface area contributed by atoms with Crippen molar-refractivity contribution < 1.29 is 19.1 Å². The number of rotatable bonds is 5. The second kappa shape index (κ2) is 7.47. The van der Waals surface area contributed by atoms with E-state index in [0.29, 0.717) is 5.88 Å². The molecule has 0 aliphatic rings. The van der Waals surface area contributed by atoms with Gasteiger partial charge in [0.05, 0.1) is 7.11 Å². The van der Waals surface area contributed by atoms with Crippen LogP contribution in [-0.2, 0) is 4.74 Å². The predicted octanol–water partition coefficient (Wildman–Crippen LogP) is 1.34. The van der Waals surface area contributed by atoms with E-state index in [0.717, 1.165) is 0 Å². The number of methoxy groups -OCH3 is 1. The molecule has 0 saturated heterocycles. The molecule has 1 aromatic rings. The van der Waals surface area contributed by atoms with Gasteiger partial charge in [0, 0.05) is 19.2 Å². The lowest BCUT2D eigenvalue weighted by Gasteiger charge is -2.19. The molecule has 21 heavy (non-hydrogen) atoms. The minimum Gasteiger partial charge on any atom is -0.481 e. The van der Waals surface area contributed by atoms with Crippen LogP contribution in [0.2, 0.25) is 0 Å². The number of pyridine rings is 1. The largest absolute Gasteiger partial charge is 0.481 e. The molecule has 0 aromatic carbocycles. The van der Waals surface area contributed by atoms with Gasteiger partial charge in [-0.3, -0.25) is 4.79 Å². The molecule has 7 nitrogen and oxygen atoms in total. The Balaban J connectivity index is 2.32. The first-order valence-corrected chi connectivity index (χ1v) is 6.58. The summed E-state index contributed by atoms with van der Waals surface area (Å²) in [5, 5.41) is 5.19. The molecule has 0 aliphatic carbocycles. The van der Waals surface area contributed by atoms with E-state index in [1.165, 1.54) is 7.11 Å². The van der Waals surface area contributed by atoms with Gasteiger partial charge in [0.25, 0.3) is 5.91 Å². The summed E-state index contributed by atoms with van der Waals surface area (Å²) in [5.41, 5.74) is -0.288. The fourth-order valence-electron chi connectivity index (χ4n) is 1.40. The highest BCUT2D eigenvalue weighted by molar-refractivity contribution is 5.92. The highest BCUT2D eigenvalue weighted by atomic mass is 16.6. The smallest absolute Gasteiger partial charge is 0.407 e. The fraction of sp³-hybridized carbons (Fsp3) is 0.500. The number of aromatic nitrogens is 1. The van der Waals surface area contributed by atoms with E-state index < -0.39 is 11.7 Å². The van der Waals surface area contributed by atoms with Crippen molar-refractivity contribution in [2.24, 2.45) is 0 Å². The lowest BCUT2D eigenvalue weighted by Crippen LogP contribution is -2.38. The van der Waals surface area contributed by atoms with Gasteiger partial charge in [-0.05, 0) is 26.8 Å². The van der Waals surface area contributed by atoms with Gasteiger partial charge in [0.2, 0.25) is 5.88 Å². The molecule has 1 aromatic heterocycles. The van der Waals surface area contributed by atoms with Gasteiger partial charge in [-0.1, -0.05) is 6.07 Å². The van der Waals surface area contributed by atoms with Crippen molar-refractivity contribution >= 4 is 12.0 Å². The summed E-state index contributed by atoms with van der Waals surface area (Å²) in [7, 11) is 1.48. The van der Waals surface area contributed by atoms with Gasteiger partial charge in [0.1, 0.15) is 11.3 Å². The van der Waals surface area contributed by atoms with Crippen LogP contribution in [-0.4, -0.2) is 42.8 Å². The number of amides is 2. The third-order valence-corrected chi connectivity index (χ3v) is 2.24. The molecule has 0 radical (unpaired) electrons. The Morgan fingerprint density at radius 2 is 1.86 bits per heavy atom. The van der Waals surface area contributed by atoms with Crippen LogP contribution in [0.3, 0.4) is 0 Å². The van der Waals surface area contributed by atoms with Crippen LogP contribution < -0.4 is 15.4 Å². The first-order valence-electron chi connectivity index (χ1n) is 6.58. The normalized spacial score (nSPS) is 10.7. The molecule has 0 spiro atoms. The molecule has 2 amide bonds. The van der Waals surface area contributed by atoms with Crippen molar-refractivity contribution in [3.05, 3.63) is 23.9 Å². The molecule has 2 N–H and O–H groups in total. The second-order valence-corrected chi connectivity index (χ2v) is 5.25. The summed E-state index contributed by atoms with van der Waals surface area (Å²) >= 11 is 0. The van der Waals surface area contributed by atoms with Crippen LogP contribution in [0.4, 0.5) is 4.79 Å². The number of ether oxygens (including phenoxy) is 2. The molecule has 0 bridgehead atoms. The van der Waals surface area contributed by atoms with Crippen LogP contribution in [0.25, 0.3) is 0 Å². The Morgan fingerprint density at radius 1 is 1.19 bits per heavy atom. The molecule has 116 valence electrons. The third kappa shape index (κ3) is 6.60. The van der Waals surface area contributed by atoms with Crippen molar-refractivity contribution in [2.45, 2.75) is 26.4 Å². The fourth-order valence-corrected chi connectivity index (χ4v) is 1.40. The van der Waals surface area contributed by atoms with Gasteiger partial charge in [-0.2, -0.15) is 0 Å². The highest BCUT2D eigenvalue weighted by Gasteiger charge is 2.15. The van der Waals surface area contributed by atoms with E-state index in [2.05, 4.69) is 15.6 Å². The molecule has 7 heteroatoms. The second-order valence-electron chi connectivity index (χ2n) is 5.25. The van der Waals surface area contributed by atoms with Gasteiger partial charge < -0.3 is 20.1 Å². The maximum absolute atomic E-state index is 11.8. The molecule has 1 heterocycles. The van der Waals surface area contributed by atoms with E-state index in [4.69, 9.17) is 9.47 Å². The summed E-state index contributed by atoms with van der Waals surface area (Å²) < 4.78 is 10.0. The minimum atomic E-state index is -0.544. The summed E-state index contributed by atoms with van der Waals surface area (Å²) in [4.78, 5) is 27.2. The van der Waals surface area contributed by atoms with Crippen molar-refractivity contribution in [2.75, 3.05) is 20.2 Å². The molecule has 1 rings (SSSR count). The lowest BCUT2D eigenvalue weighted by molar-refractivity contribution is 0.0526. The standard InChI is InChI=1S/C14H21N3O4/c1-14(2,3)21-13(19)16-9-8-15-12(18)10-6-5-7-11(17-10)20-4/h5-7H,8-9H2,1-4H3,(H,15,18)(H,16,19). The van der Waals surface area contributed by atoms with Gasteiger partial charge in [-0.15, -0.1) is 0 Å². The summed E-state index contributed by atoms with van der Waals surface area (Å²) in [6.07, 6.45) is -0.517. The number of alkyl carbamates (subject to hydrolysis) is 1. The zero-order chi connectivity index (χ0) is 15.9. The molecule has 0 unspecified atom stereocenters. The maximum Gasteiger partial charge on any atom is 0.407 e. The number of hydrogen-bond donors (Lipinski definition) is 2. The number of nitrogens with zero attached hydrogens (tertiary/aromatic N) is 1. The molecular weight excluding hydrogens is 274 g/mol. The Labute approximate surface area is 124 Å². The zero-order valence-electron chi connectivity index (χ0n) is 12.7. The van der Waals surface area contributed by atoms with Crippen molar-refractivity contribution in [1.82, 2.24) is 15.6 Å². The Kier molecular flexibility index (Phi) is 5.95. The molecule has 0 fully saturated rings. The molecular formula is C14H21N3O4. The highest BCUT2D eigenvalue weighted by Crippen LogP contribution is 2.07. The number of carbonyl (C=O) groups excluding carboxylic acids is 2. The number of carbonyl (C=O) groups is 2. The van der Waals surface area contributed by atoms with Crippen LogP contribution >= 0.6 is 0 Å². The van der Waals surface area contributed by atoms with Crippen molar-refractivity contribution in [1.29, 1.82) is 0 Å². The van der Waals surface area contributed by atoms with E-state index in [1.807, 2.05) is 0 Å². The van der Waals surface area contributed by atoms with E-state index in [1.54, 1.807) is 39.0 Å². The Bertz CT molecular complexity index is 497. The van der Waals surface area contributed by atoms with E-state index >= 15 is 0 Å². The predicted molar refractivity (Wildman–Crippen MR) is 77.4 cm³/mol. The third-order valence-electron chi connectivity index (χ3n) is 2.24. The molecule has 0 atom stereocenters. The van der Waals surface area contributed by atoms with Crippen molar-refractivity contribution in [3.8, 4) is 5.88 Å². The van der Waals surface area contributed by atoms with Crippen LogP contribution in [0, 0.1) is 0 Å². The van der Waals surface area contributed by atoms with E-state index in [9.17, 15) is 9.59 Å². The first-order chi connectivity index (χ1) is 9.81. The molecule has 0 saturated carbocycles. The van der Waals surface area contributed by atoms with E-state index in [-0.39, 0.29) is 24.7 Å². The molecule has 0 aliphatic heterocycles. The first kappa shape index (κ1) is 16.7. The Hall–Kier alpha value is -2.31. The number of nitrogens with one attached hydrogen (secondary N) is 2. The van der Waals surface area contributed by atoms with Gasteiger partial charge in [0.15, 0.2) is 0 Å². The summed E-state index contributed by atoms with van der Waals surface area (Å²) in [5.74, 6) is 0.0365. The maximum atomic E-state index is 11.8. The quantitative estimate of drug-likeness (QED) is 0.800. The van der Waals surface area contributed by atoms with Crippen LogP contribution in [0.15, 0.2) is 18.2 Å². The summed E-state index contributed by atoms with van der Waals surface area (Å²) in [6, 6.07) is 4.92. The average Bonchev–Trinajstić information content (AvgIpc) is 2.41. The van der Waals surface area contributed by atoms with Crippen LogP contribution in [0.1, 0.15) is 31.3 Å². The average molecular weight is 295 g/mol. The van der Waals surface area contributed by atoms with Crippen molar-refractivity contribution in [3.63, 3.8) is 0 Å². The summed E-state index contributed by atoms with van der Waals surface area (Å²) in [6.45, 7) is 5.88. The Morgan fingerprint density at radius 3 is 2.48 bits per heavy atom. The lowest BCUT2D eigenvalue weighted by atomic mass is 10.2. The number of hydrogen-bond acceptors (Lipinski definition) is 5. The van der Waals surface area contributed by atoms with Gasteiger partial charge >= 0.3 is 6.09 Å². The van der Waals surface area contributed by atoms with Gasteiger partial charge in [-0.25, -0.2) is 9.78 Å². The van der Waals surface area contributed by atoms with Crippen LogP contribution in [0.5, 0.6) is 5.88 Å². The monoisotopic (exact) mass is 295 g/mol. The SMILES string of the molecule is COc1cccc(C(=O)NCCNC(=O)OC(C)(C)C)n1. The minimum absolute atomic E-state index is 0.256. The zero-order valence-corrected chi connectivity index (χ0v) is 12.7. The topological polar surface area (TPSA) is 89.6 Å².